The first kappa shape index (κ1) is 32.5. The zero-order valence-electron chi connectivity index (χ0n) is 26.0. The number of ether oxygens (including phenoxy) is 1. The topological polar surface area (TPSA) is 61.5 Å². The SMILES string of the molecule is COC[C@@H](Cc1ccccc1)NCc1ccc(CN(CCNCC2=C(C)CC/C=C\C=C/2)CNCc2ccccn2)cc1. The van der Waals surface area contributed by atoms with E-state index in [0.29, 0.717) is 6.61 Å². The van der Waals surface area contributed by atoms with E-state index in [1.165, 1.54) is 27.8 Å². The Bertz CT molecular complexity index is 1270. The number of allylic oxidation sites excluding steroid dienone is 4. The van der Waals surface area contributed by atoms with E-state index in [1.807, 2.05) is 18.3 Å². The third kappa shape index (κ3) is 12.4. The predicted molar refractivity (Wildman–Crippen MR) is 179 cm³/mol. The van der Waals surface area contributed by atoms with Gasteiger partial charge in [-0.25, -0.2) is 0 Å². The van der Waals surface area contributed by atoms with Gasteiger partial charge >= 0.3 is 0 Å². The highest BCUT2D eigenvalue weighted by Crippen LogP contribution is 2.14. The van der Waals surface area contributed by atoms with E-state index >= 15 is 0 Å². The zero-order valence-corrected chi connectivity index (χ0v) is 26.0. The van der Waals surface area contributed by atoms with E-state index in [0.717, 1.165) is 70.9 Å². The number of nitrogens with one attached hydrogen (secondary N) is 3. The van der Waals surface area contributed by atoms with Crippen LogP contribution < -0.4 is 16.0 Å². The van der Waals surface area contributed by atoms with Crippen LogP contribution in [0.4, 0.5) is 0 Å². The summed E-state index contributed by atoms with van der Waals surface area (Å²) in [5.74, 6) is 0. The number of nitrogens with zero attached hydrogens (tertiary/aromatic N) is 2. The lowest BCUT2D eigenvalue weighted by Gasteiger charge is -2.24. The summed E-state index contributed by atoms with van der Waals surface area (Å²) >= 11 is 0. The molecule has 1 aliphatic rings. The molecule has 0 saturated heterocycles. The van der Waals surface area contributed by atoms with Gasteiger partial charge in [0.2, 0.25) is 0 Å². The summed E-state index contributed by atoms with van der Waals surface area (Å²) in [4.78, 5) is 6.93. The Kier molecular flexibility index (Phi) is 14.4. The highest BCUT2D eigenvalue weighted by Gasteiger charge is 2.11. The van der Waals surface area contributed by atoms with Gasteiger partial charge in [-0.2, -0.15) is 0 Å². The van der Waals surface area contributed by atoms with Crippen LogP contribution in [0.25, 0.3) is 0 Å². The molecule has 1 atom stereocenters. The summed E-state index contributed by atoms with van der Waals surface area (Å²) in [7, 11) is 1.77. The molecule has 3 N–H and O–H groups in total. The van der Waals surface area contributed by atoms with E-state index < -0.39 is 0 Å². The fraction of sp³-hybridized carbons (Fsp3) is 0.378. The van der Waals surface area contributed by atoms with Gasteiger partial charge in [0.05, 0.1) is 12.3 Å². The molecule has 0 radical (unpaired) electrons. The lowest BCUT2D eigenvalue weighted by molar-refractivity contribution is 0.165. The van der Waals surface area contributed by atoms with Gasteiger partial charge in [0.1, 0.15) is 0 Å². The van der Waals surface area contributed by atoms with Crippen LogP contribution in [0.5, 0.6) is 0 Å². The summed E-state index contributed by atoms with van der Waals surface area (Å²) in [6.45, 7) is 8.99. The lowest BCUT2D eigenvalue weighted by Crippen LogP contribution is -2.38. The van der Waals surface area contributed by atoms with E-state index in [9.17, 15) is 0 Å². The van der Waals surface area contributed by atoms with Crippen molar-refractivity contribution in [3.8, 4) is 0 Å². The molecule has 0 unspecified atom stereocenters. The van der Waals surface area contributed by atoms with Crippen molar-refractivity contribution in [3.05, 3.63) is 137 Å². The molecule has 43 heavy (non-hydrogen) atoms. The molecular formula is C37H49N5O. The minimum Gasteiger partial charge on any atom is -0.383 e. The summed E-state index contributed by atoms with van der Waals surface area (Å²) in [6, 6.07) is 26.0. The van der Waals surface area contributed by atoms with Crippen molar-refractivity contribution in [1.29, 1.82) is 0 Å². The molecule has 4 rings (SSSR count). The van der Waals surface area contributed by atoms with Crippen LogP contribution in [0.1, 0.15) is 42.1 Å². The standard InChI is InChI=1S/C37H49N5O/c1-31-12-6-3-4-9-15-35(31)26-38-22-23-42(30-39-27-36-16-10-11-21-40-36)28-34-19-17-33(18-20-34)25-41-37(29-43-2)24-32-13-7-5-8-14-32/h3-5,7-11,13-21,37-39,41H,6,12,22-30H2,1-2H3/b4-3-,15-9-,35-31?/t37-/m1/s1. The highest BCUT2D eigenvalue weighted by atomic mass is 16.5. The third-order valence-electron chi connectivity index (χ3n) is 7.78. The molecule has 2 aromatic carbocycles. The molecule has 1 aliphatic carbocycles. The monoisotopic (exact) mass is 579 g/mol. The van der Waals surface area contributed by atoms with Gasteiger partial charge < -0.3 is 15.4 Å². The Hall–Kier alpha value is -3.39. The highest BCUT2D eigenvalue weighted by molar-refractivity contribution is 5.30. The molecule has 228 valence electrons. The van der Waals surface area contributed by atoms with Crippen LogP contribution in [-0.2, 0) is 30.8 Å². The van der Waals surface area contributed by atoms with Gasteiger partial charge in [-0.05, 0) is 60.6 Å². The van der Waals surface area contributed by atoms with Gasteiger partial charge in [0.25, 0.3) is 0 Å². The number of aromatic nitrogens is 1. The normalized spacial score (nSPS) is 15.7. The van der Waals surface area contributed by atoms with Crippen LogP contribution in [0.2, 0.25) is 0 Å². The smallest absolute Gasteiger partial charge is 0.0619 e. The minimum atomic E-state index is 0.272. The maximum atomic E-state index is 5.49. The Morgan fingerprint density at radius 1 is 0.860 bits per heavy atom. The average Bonchev–Trinajstić information content (AvgIpc) is 3.03. The predicted octanol–water partition coefficient (Wildman–Crippen LogP) is 5.79. The number of rotatable bonds is 18. The fourth-order valence-electron chi connectivity index (χ4n) is 5.25. The van der Waals surface area contributed by atoms with Crippen LogP contribution in [-0.4, -0.2) is 55.9 Å². The van der Waals surface area contributed by atoms with Gasteiger partial charge in [-0.1, -0.05) is 90.5 Å². The molecule has 6 heteroatoms. The number of hydrogen-bond donors (Lipinski definition) is 3. The minimum absolute atomic E-state index is 0.272. The van der Waals surface area contributed by atoms with E-state index in [1.54, 1.807) is 7.11 Å². The quantitative estimate of drug-likeness (QED) is 0.131. The van der Waals surface area contributed by atoms with Crippen LogP contribution in [0, 0.1) is 0 Å². The van der Waals surface area contributed by atoms with Crippen LogP contribution >= 0.6 is 0 Å². The largest absolute Gasteiger partial charge is 0.383 e. The molecular weight excluding hydrogens is 530 g/mol. The first-order chi connectivity index (χ1) is 21.2. The van der Waals surface area contributed by atoms with Gasteiger partial charge in [-0.15, -0.1) is 0 Å². The first-order valence-corrected chi connectivity index (χ1v) is 15.6. The maximum absolute atomic E-state index is 5.49. The lowest BCUT2D eigenvalue weighted by atomic mass is 10.0. The van der Waals surface area contributed by atoms with E-state index in [-0.39, 0.29) is 6.04 Å². The molecule has 0 bridgehead atoms. The van der Waals surface area contributed by atoms with Crippen LogP contribution in [0.3, 0.4) is 0 Å². The van der Waals surface area contributed by atoms with Crippen LogP contribution in [0.15, 0.2) is 114 Å². The van der Waals surface area contributed by atoms with Crippen molar-refractivity contribution in [2.75, 3.05) is 40.0 Å². The molecule has 3 aromatic rings. The molecule has 0 saturated carbocycles. The van der Waals surface area contributed by atoms with Crippen molar-refractivity contribution >= 4 is 0 Å². The number of benzene rings is 2. The summed E-state index contributed by atoms with van der Waals surface area (Å²) < 4.78 is 5.49. The molecule has 0 amide bonds. The third-order valence-corrected chi connectivity index (χ3v) is 7.78. The summed E-state index contributed by atoms with van der Waals surface area (Å²) in [5, 5.41) is 11.0. The molecule has 0 spiro atoms. The molecule has 0 fully saturated rings. The molecule has 1 aromatic heterocycles. The van der Waals surface area contributed by atoms with Crippen molar-refractivity contribution < 1.29 is 4.74 Å². The second-order valence-electron chi connectivity index (χ2n) is 11.3. The molecule has 0 aliphatic heterocycles. The Balaban J connectivity index is 1.29. The van der Waals surface area contributed by atoms with Crippen molar-refractivity contribution in [1.82, 2.24) is 25.8 Å². The zero-order chi connectivity index (χ0) is 30.0. The van der Waals surface area contributed by atoms with Crippen molar-refractivity contribution in [2.24, 2.45) is 0 Å². The second kappa shape index (κ2) is 19.0. The molecule has 6 nitrogen and oxygen atoms in total. The Morgan fingerprint density at radius 3 is 2.47 bits per heavy atom. The Labute approximate surface area is 259 Å². The first-order valence-electron chi connectivity index (χ1n) is 15.6. The van der Waals surface area contributed by atoms with Gasteiger partial charge in [-0.3, -0.25) is 15.2 Å². The fourth-order valence-corrected chi connectivity index (χ4v) is 5.25. The Morgan fingerprint density at radius 2 is 1.67 bits per heavy atom. The van der Waals surface area contributed by atoms with Gasteiger partial charge in [0.15, 0.2) is 0 Å². The van der Waals surface area contributed by atoms with Crippen molar-refractivity contribution in [2.45, 2.75) is 51.9 Å². The number of methoxy groups -OCH3 is 1. The maximum Gasteiger partial charge on any atom is 0.0619 e. The number of pyridine rings is 1. The molecule has 1 heterocycles. The second-order valence-corrected chi connectivity index (χ2v) is 11.3. The van der Waals surface area contributed by atoms with Crippen molar-refractivity contribution in [3.63, 3.8) is 0 Å². The summed E-state index contributed by atoms with van der Waals surface area (Å²) in [5.41, 5.74) is 7.86. The number of hydrogen-bond acceptors (Lipinski definition) is 6. The average molecular weight is 580 g/mol. The summed E-state index contributed by atoms with van der Waals surface area (Å²) in [6.07, 6.45) is 13.9. The van der Waals surface area contributed by atoms with Gasteiger partial charge in [0, 0.05) is 65.3 Å². The van der Waals surface area contributed by atoms with E-state index in [2.05, 4.69) is 118 Å². The van der Waals surface area contributed by atoms with E-state index in [4.69, 9.17) is 4.74 Å².